The third-order valence-corrected chi connectivity index (χ3v) is 5.76. The summed E-state index contributed by atoms with van der Waals surface area (Å²) in [6.45, 7) is 5.70. The van der Waals surface area contributed by atoms with Gasteiger partial charge in [0, 0.05) is 44.0 Å². The number of rotatable bonds is 7. The zero-order valence-corrected chi connectivity index (χ0v) is 17.0. The Morgan fingerprint density at radius 1 is 1.11 bits per heavy atom. The summed E-state index contributed by atoms with van der Waals surface area (Å²) in [7, 11) is 0. The molecule has 3 rings (SSSR count). The first kappa shape index (κ1) is 20.4. The number of nitrogens with zero attached hydrogens (tertiary/aromatic N) is 2. The molecule has 0 spiro atoms. The van der Waals surface area contributed by atoms with Crippen molar-refractivity contribution in [1.29, 1.82) is 0 Å². The lowest BCUT2D eigenvalue weighted by molar-refractivity contribution is -0.122. The molecule has 0 bridgehead atoms. The number of nitrogens with one attached hydrogen (secondary N) is 1. The average molecular weight is 402 g/mol. The maximum Gasteiger partial charge on any atom is 0.409 e. The van der Waals surface area contributed by atoms with Crippen LogP contribution in [0.15, 0.2) is 47.8 Å². The fraction of sp³-hybridized carbons (Fsp3) is 0.429. The number of carbonyl (C=O) groups excluding carboxylic acids is 2. The minimum absolute atomic E-state index is 0.0371. The van der Waals surface area contributed by atoms with E-state index in [0.29, 0.717) is 32.7 Å². The maximum atomic E-state index is 12.6. The van der Waals surface area contributed by atoms with Gasteiger partial charge in [0.25, 0.3) is 0 Å². The van der Waals surface area contributed by atoms with Gasteiger partial charge in [-0.2, -0.15) is 0 Å². The summed E-state index contributed by atoms with van der Waals surface area (Å²) in [5, 5.41) is 5.21. The Morgan fingerprint density at radius 3 is 2.50 bits per heavy atom. The van der Waals surface area contributed by atoms with E-state index in [4.69, 9.17) is 4.74 Å². The molecule has 1 aromatic carbocycles. The van der Waals surface area contributed by atoms with Crippen molar-refractivity contribution in [2.75, 3.05) is 39.3 Å². The predicted octanol–water partition coefficient (Wildman–Crippen LogP) is 3.12. The van der Waals surface area contributed by atoms with Gasteiger partial charge in [0.15, 0.2) is 0 Å². The number of piperazine rings is 1. The van der Waals surface area contributed by atoms with Crippen molar-refractivity contribution < 1.29 is 14.3 Å². The first-order valence-corrected chi connectivity index (χ1v) is 10.6. The molecular weight excluding hydrogens is 374 g/mol. The maximum absolute atomic E-state index is 12.6. The summed E-state index contributed by atoms with van der Waals surface area (Å²) in [5.74, 6) is 0.0371. The number of carbonyl (C=O) groups is 2. The van der Waals surface area contributed by atoms with Crippen molar-refractivity contribution in [1.82, 2.24) is 15.1 Å². The van der Waals surface area contributed by atoms with Gasteiger partial charge in [-0.15, -0.1) is 11.3 Å². The molecule has 1 N–H and O–H groups in total. The zero-order chi connectivity index (χ0) is 19.8. The van der Waals surface area contributed by atoms with Crippen LogP contribution in [-0.2, 0) is 9.53 Å². The third-order valence-electron chi connectivity index (χ3n) is 4.82. The molecule has 2 aromatic rings. The molecule has 6 nitrogen and oxygen atoms in total. The van der Waals surface area contributed by atoms with Crippen molar-refractivity contribution in [3.8, 4) is 0 Å². The molecule has 1 aromatic heterocycles. The molecule has 0 aliphatic carbocycles. The highest BCUT2D eigenvalue weighted by Crippen LogP contribution is 2.26. The second kappa shape index (κ2) is 10.2. The monoisotopic (exact) mass is 401 g/mol. The van der Waals surface area contributed by atoms with Gasteiger partial charge in [0.2, 0.25) is 5.91 Å². The molecule has 1 aliphatic rings. The van der Waals surface area contributed by atoms with Crippen molar-refractivity contribution in [3.05, 3.63) is 58.3 Å². The Bertz CT molecular complexity index is 744. The van der Waals surface area contributed by atoms with Gasteiger partial charge in [0.05, 0.1) is 12.6 Å². The number of hydrogen-bond acceptors (Lipinski definition) is 5. The van der Waals surface area contributed by atoms with E-state index in [1.807, 2.05) is 48.7 Å². The van der Waals surface area contributed by atoms with Crippen LogP contribution in [0.3, 0.4) is 0 Å². The quantitative estimate of drug-likeness (QED) is 0.774. The summed E-state index contributed by atoms with van der Waals surface area (Å²) in [6.07, 6.45) is 0.190. The van der Waals surface area contributed by atoms with E-state index in [0.717, 1.165) is 23.5 Å². The standard InChI is InChI=1S/C21H27N3O3S/c1-2-27-21(26)24-14-12-23(13-15-24)11-10-19(25)22-20(18-9-6-16-28-18)17-7-4-3-5-8-17/h3-9,16,20H,2,10-15H2,1H3,(H,22,25)/t20-/m0/s1. The zero-order valence-electron chi connectivity index (χ0n) is 16.2. The van der Waals surface area contributed by atoms with Gasteiger partial charge in [0.1, 0.15) is 0 Å². The Kier molecular flexibility index (Phi) is 7.45. The lowest BCUT2D eigenvalue weighted by atomic mass is 10.1. The molecule has 7 heteroatoms. The van der Waals surface area contributed by atoms with Gasteiger partial charge >= 0.3 is 6.09 Å². The molecule has 1 saturated heterocycles. The van der Waals surface area contributed by atoms with E-state index in [9.17, 15) is 9.59 Å². The second-order valence-electron chi connectivity index (χ2n) is 6.70. The van der Waals surface area contributed by atoms with E-state index in [2.05, 4.69) is 16.3 Å². The number of ether oxygens (including phenoxy) is 1. The summed E-state index contributed by atoms with van der Waals surface area (Å²) >= 11 is 1.65. The Hall–Kier alpha value is -2.38. The van der Waals surface area contributed by atoms with Crippen molar-refractivity contribution in [3.63, 3.8) is 0 Å². The normalized spacial score (nSPS) is 15.8. The van der Waals surface area contributed by atoms with Crippen LogP contribution >= 0.6 is 11.3 Å². The molecular formula is C21H27N3O3S. The molecule has 1 aliphatic heterocycles. The van der Waals surface area contributed by atoms with Crippen molar-refractivity contribution >= 4 is 23.3 Å². The molecule has 28 heavy (non-hydrogen) atoms. The largest absolute Gasteiger partial charge is 0.450 e. The summed E-state index contributed by atoms with van der Waals surface area (Å²) in [4.78, 5) is 29.4. The predicted molar refractivity (Wildman–Crippen MR) is 110 cm³/mol. The van der Waals surface area contributed by atoms with Crippen LogP contribution in [0.4, 0.5) is 4.79 Å². The average Bonchev–Trinajstić information content (AvgIpc) is 3.26. The Balaban J connectivity index is 1.49. The van der Waals surface area contributed by atoms with E-state index in [1.165, 1.54) is 0 Å². The number of hydrogen-bond donors (Lipinski definition) is 1. The van der Waals surface area contributed by atoms with Crippen LogP contribution in [0, 0.1) is 0 Å². The smallest absolute Gasteiger partial charge is 0.409 e. The highest BCUT2D eigenvalue weighted by atomic mass is 32.1. The lowest BCUT2D eigenvalue weighted by Gasteiger charge is -2.33. The van der Waals surface area contributed by atoms with Crippen LogP contribution in [0.5, 0.6) is 0 Å². The van der Waals surface area contributed by atoms with Crippen LogP contribution in [0.2, 0.25) is 0 Å². The fourth-order valence-electron chi connectivity index (χ4n) is 3.28. The molecule has 0 saturated carbocycles. The first-order valence-electron chi connectivity index (χ1n) is 9.69. The molecule has 2 heterocycles. The summed E-state index contributed by atoms with van der Waals surface area (Å²) in [5.41, 5.74) is 1.08. The SMILES string of the molecule is CCOC(=O)N1CCN(CCC(=O)N[C@@H](c2ccccc2)c2cccs2)CC1. The fourth-order valence-corrected chi connectivity index (χ4v) is 4.08. The van der Waals surface area contributed by atoms with Gasteiger partial charge in [-0.3, -0.25) is 9.69 Å². The number of amides is 2. The van der Waals surface area contributed by atoms with E-state index in [1.54, 1.807) is 16.2 Å². The van der Waals surface area contributed by atoms with Crippen molar-refractivity contribution in [2.45, 2.75) is 19.4 Å². The number of thiophene rings is 1. The first-order chi connectivity index (χ1) is 13.7. The van der Waals surface area contributed by atoms with Gasteiger partial charge < -0.3 is 15.0 Å². The minimum atomic E-state index is -0.249. The highest BCUT2D eigenvalue weighted by Gasteiger charge is 2.23. The van der Waals surface area contributed by atoms with E-state index < -0.39 is 0 Å². The molecule has 0 radical (unpaired) electrons. The minimum Gasteiger partial charge on any atom is -0.450 e. The van der Waals surface area contributed by atoms with Crippen LogP contribution < -0.4 is 5.32 Å². The highest BCUT2D eigenvalue weighted by molar-refractivity contribution is 7.10. The molecule has 2 amide bonds. The van der Waals surface area contributed by atoms with Gasteiger partial charge in [-0.25, -0.2) is 4.79 Å². The Morgan fingerprint density at radius 2 is 1.86 bits per heavy atom. The summed E-state index contributed by atoms with van der Waals surface area (Å²) < 4.78 is 5.04. The van der Waals surface area contributed by atoms with E-state index >= 15 is 0 Å². The van der Waals surface area contributed by atoms with Crippen molar-refractivity contribution in [2.24, 2.45) is 0 Å². The topological polar surface area (TPSA) is 61.9 Å². The molecule has 1 fully saturated rings. The van der Waals surface area contributed by atoms with Gasteiger partial charge in [-0.05, 0) is 23.9 Å². The van der Waals surface area contributed by atoms with Crippen LogP contribution in [0.25, 0.3) is 0 Å². The Labute approximate surface area is 170 Å². The molecule has 0 unspecified atom stereocenters. The third kappa shape index (κ3) is 5.56. The van der Waals surface area contributed by atoms with E-state index in [-0.39, 0.29) is 18.0 Å². The van der Waals surface area contributed by atoms with Crippen LogP contribution in [-0.4, -0.2) is 61.1 Å². The molecule has 150 valence electrons. The molecule has 1 atom stereocenters. The lowest BCUT2D eigenvalue weighted by Crippen LogP contribution is -2.49. The summed E-state index contributed by atoms with van der Waals surface area (Å²) in [6, 6.07) is 14.0. The second-order valence-corrected chi connectivity index (χ2v) is 7.68. The van der Waals surface area contributed by atoms with Crippen LogP contribution in [0.1, 0.15) is 29.8 Å². The van der Waals surface area contributed by atoms with Gasteiger partial charge in [-0.1, -0.05) is 36.4 Å². The number of benzene rings is 1.